The van der Waals surface area contributed by atoms with E-state index in [1.165, 1.54) is 31.4 Å². The fraction of sp³-hybridized carbons (Fsp3) is 0.727. The Balaban J connectivity index is 1.26. The Morgan fingerprint density at radius 1 is 0.962 bits per heavy atom. The van der Waals surface area contributed by atoms with E-state index in [0.29, 0.717) is 0 Å². The lowest BCUT2D eigenvalue weighted by Gasteiger charge is -2.43. The molecule has 0 aromatic heterocycles. The van der Waals surface area contributed by atoms with Crippen molar-refractivity contribution in [1.29, 1.82) is 0 Å². The summed E-state index contributed by atoms with van der Waals surface area (Å²) < 4.78 is 6.12. The van der Waals surface area contributed by atoms with Crippen molar-refractivity contribution in [3.63, 3.8) is 0 Å². The number of piperazine rings is 1. The van der Waals surface area contributed by atoms with Gasteiger partial charge >= 0.3 is 0 Å². The van der Waals surface area contributed by atoms with Gasteiger partial charge in [0.25, 0.3) is 0 Å². The summed E-state index contributed by atoms with van der Waals surface area (Å²) >= 11 is 0. The highest BCUT2D eigenvalue weighted by Crippen LogP contribution is 2.31. The maximum atomic E-state index is 6.12. The van der Waals surface area contributed by atoms with Crippen LogP contribution in [0.4, 0.5) is 5.69 Å². The van der Waals surface area contributed by atoms with Gasteiger partial charge < -0.3 is 15.0 Å². The van der Waals surface area contributed by atoms with Crippen molar-refractivity contribution in [3.8, 4) is 5.75 Å². The van der Waals surface area contributed by atoms with E-state index in [0.717, 1.165) is 56.5 Å². The molecule has 3 heterocycles. The van der Waals surface area contributed by atoms with Crippen molar-refractivity contribution >= 4 is 5.69 Å². The molecular weight excluding hydrogens is 322 g/mol. The third-order valence-electron chi connectivity index (χ3n) is 6.49. The number of hydrogen-bond donors (Lipinski definition) is 1. The first-order valence-corrected chi connectivity index (χ1v) is 10.5. The number of hydrogen-bond acceptors (Lipinski definition) is 4. The van der Waals surface area contributed by atoms with E-state index >= 15 is 0 Å². The molecule has 3 saturated heterocycles. The van der Waals surface area contributed by atoms with Gasteiger partial charge in [0.15, 0.2) is 0 Å². The summed E-state index contributed by atoms with van der Waals surface area (Å²) in [7, 11) is 0. The van der Waals surface area contributed by atoms with Crippen molar-refractivity contribution in [2.24, 2.45) is 5.92 Å². The molecule has 0 spiro atoms. The van der Waals surface area contributed by atoms with Crippen LogP contribution in [0.2, 0.25) is 0 Å². The molecule has 1 aromatic carbocycles. The number of rotatable bonds is 4. The van der Waals surface area contributed by atoms with Gasteiger partial charge in [-0.3, -0.25) is 4.90 Å². The maximum Gasteiger partial charge on any atom is 0.119 e. The molecule has 144 valence electrons. The molecule has 0 radical (unpaired) electrons. The van der Waals surface area contributed by atoms with Crippen LogP contribution >= 0.6 is 0 Å². The van der Waals surface area contributed by atoms with E-state index in [2.05, 4.69) is 60.2 Å². The fourth-order valence-electron chi connectivity index (χ4n) is 4.91. The molecule has 4 heteroatoms. The second-order valence-corrected chi connectivity index (χ2v) is 9.43. The molecule has 0 aliphatic carbocycles. The van der Waals surface area contributed by atoms with Crippen LogP contribution in [-0.2, 0) is 0 Å². The Labute approximate surface area is 158 Å². The Morgan fingerprint density at radius 2 is 1.58 bits per heavy atom. The molecule has 3 aliphatic heterocycles. The van der Waals surface area contributed by atoms with Crippen LogP contribution < -0.4 is 15.0 Å². The molecule has 1 aromatic rings. The molecule has 3 aliphatic rings. The summed E-state index contributed by atoms with van der Waals surface area (Å²) in [6, 6.07) is 10.3. The molecule has 26 heavy (non-hydrogen) atoms. The predicted octanol–water partition coefficient (Wildman–Crippen LogP) is 3.52. The topological polar surface area (TPSA) is 27.7 Å². The first-order valence-electron chi connectivity index (χ1n) is 10.5. The zero-order valence-corrected chi connectivity index (χ0v) is 16.7. The molecule has 1 N–H and O–H groups in total. The predicted molar refractivity (Wildman–Crippen MR) is 108 cm³/mol. The van der Waals surface area contributed by atoms with Crippen molar-refractivity contribution in [2.75, 3.05) is 37.7 Å². The highest BCUT2D eigenvalue weighted by atomic mass is 16.5. The van der Waals surface area contributed by atoms with Crippen molar-refractivity contribution < 1.29 is 4.74 Å². The third kappa shape index (κ3) is 4.17. The van der Waals surface area contributed by atoms with E-state index in [4.69, 9.17) is 4.74 Å². The molecule has 0 saturated carbocycles. The summed E-state index contributed by atoms with van der Waals surface area (Å²) in [6.45, 7) is 12.3. The van der Waals surface area contributed by atoms with Gasteiger partial charge in [0.1, 0.15) is 5.75 Å². The van der Waals surface area contributed by atoms with E-state index in [1.807, 2.05) is 0 Å². The Hall–Kier alpha value is -1.26. The number of anilines is 1. The third-order valence-corrected chi connectivity index (χ3v) is 6.49. The van der Waals surface area contributed by atoms with Crippen LogP contribution in [0, 0.1) is 5.92 Å². The lowest BCUT2D eigenvalue weighted by molar-refractivity contribution is 0.128. The van der Waals surface area contributed by atoms with Crippen molar-refractivity contribution in [3.05, 3.63) is 24.3 Å². The molecular formula is C22H35N3O. The quantitative estimate of drug-likeness (QED) is 0.892. The van der Waals surface area contributed by atoms with Gasteiger partial charge in [0.2, 0.25) is 0 Å². The summed E-state index contributed by atoms with van der Waals surface area (Å²) in [5.41, 5.74) is 1.60. The molecule has 0 amide bonds. The summed E-state index contributed by atoms with van der Waals surface area (Å²) in [4.78, 5) is 5.07. The smallest absolute Gasteiger partial charge is 0.119 e. The Bertz CT molecular complexity index is 574. The summed E-state index contributed by atoms with van der Waals surface area (Å²) in [5.74, 6) is 1.74. The highest BCUT2D eigenvalue weighted by molar-refractivity contribution is 5.49. The van der Waals surface area contributed by atoms with Crippen LogP contribution in [0.25, 0.3) is 0 Å². The highest BCUT2D eigenvalue weighted by Gasteiger charge is 2.33. The standard InChI is InChI=1S/C22H35N3O/c1-22(2,3)25-12-10-24(11-13-25)20-6-8-21(9-7-20)26-16-17-14-18-4-5-19(15-17)23-18/h6-9,17-19,23H,4-5,10-16H2,1-3H3. The molecule has 2 bridgehead atoms. The number of nitrogens with one attached hydrogen (secondary N) is 1. The van der Waals surface area contributed by atoms with Crippen molar-refractivity contribution in [1.82, 2.24) is 10.2 Å². The average molecular weight is 358 g/mol. The van der Waals surface area contributed by atoms with E-state index in [9.17, 15) is 0 Å². The van der Waals surface area contributed by atoms with Crippen LogP contribution in [0.5, 0.6) is 5.75 Å². The fourth-order valence-corrected chi connectivity index (χ4v) is 4.91. The van der Waals surface area contributed by atoms with Gasteiger partial charge in [-0.15, -0.1) is 0 Å². The Morgan fingerprint density at radius 3 is 2.15 bits per heavy atom. The molecule has 4 rings (SSSR count). The number of ether oxygens (including phenoxy) is 1. The number of nitrogens with zero attached hydrogens (tertiary/aromatic N) is 2. The van der Waals surface area contributed by atoms with Crippen LogP contribution in [-0.4, -0.2) is 55.3 Å². The number of piperidine rings is 1. The summed E-state index contributed by atoms with van der Waals surface area (Å²) in [5, 5.41) is 3.71. The maximum absolute atomic E-state index is 6.12. The van der Waals surface area contributed by atoms with Gasteiger partial charge in [-0.05, 0) is 76.6 Å². The normalized spacial score (nSPS) is 29.8. The first-order chi connectivity index (χ1) is 12.5. The van der Waals surface area contributed by atoms with E-state index in [-0.39, 0.29) is 5.54 Å². The van der Waals surface area contributed by atoms with Gasteiger partial charge in [-0.2, -0.15) is 0 Å². The largest absolute Gasteiger partial charge is 0.493 e. The first kappa shape index (κ1) is 18.1. The van der Waals surface area contributed by atoms with Crippen molar-refractivity contribution in [2.45, 2.75) is 64.1 Å². The minimum Gasteiger partial charge on any atom is -0.493 e. The minimum atomic E-state index is 0.276. The summed E-state index contributed by atoms with van der Waals surface area (Å²) in [6.07, 6.45) is 5.29. The lowest BCUT2D eigenvalue weighted by Crippen LogP contribution is -2.53. The monoisotopic (exact) mass is 357 g/mol. The second kappa shape index (κ2) is 7.40. The zero-order valence-electron chi connectivity index (χ0n) is 16.7. The zero-order chi connectivity index (χ0) is 18.1. The molecule has 2 unspecified atom stereocenters. The number of benzene rings is 1. The molecule has 2 atom stereocenters. The minimum absolute atomic E-state index is 0.276. The SMILES string of the molecule is CC(C)(C)N1CCN(c2ccc(OCC3CC4CCC(C3)N4)cc2)CC1. The van der Waals surface area contributed by atoms with E-state index < -0.39 is 0 Å². The van der Waals surface area contributed by atoms with Gasteiger partial charge in [0, 0.05) is 49.5 Å². The van der Waals surface area contributed by atoms with E-state index in [1.54, 1.807) is 0 Å². The van der Waals surface area contributed by atoms with Gasteiger partial charge in [0.05, 0.1) is 6.61 Å². The Kier molecular flexibility index (Phi) is 5.15. The van der Waals surface area contributed by atoms with Gasteiger partial charge in [-0.1, -0.05) is 0 Å². The van der Waals surface area contributed by atoms with Crippen LogP contribution in [0.1, 0.15) is 46.5 Å². The van der Waals surface area contributed by atoms with Gasteiger partial charge in [-0.25, -0.2) is 0 Å². The average Bonchev–Trinajstić information content (AvgIpc) is 2.98. The van der Waals surface area contributed by atoms with Crippen LogP contribution in [0.3, 0.4) is 0 Å². The molecule has 4 nitrogen and oxygen atoms in total. The van der Waals surface area contributed by atoms with Crippen LogP contribution in [0.15, 0.2) is 24.3 Å². The lowest BCUT2D eigenvalue weighted by atomic mass is 9.93. The number of fused-ring (bicyclic) bond motifs is 2. The second-order valence-electron chi connectivity index (χ2n) is 9.43. The molecule has 3 fully saturated rings.